The first-order chi connectivity index (χ1) is 21.3. The number of hydrogen-bond acceptors (Lipinski definition) is 4. The fourth-order valence-electron chi connectivity index (χ4n) is 6.63. The summed E-state index contributed by atoms with van der Waals surface area (Å²) in [5.74, 6) is 0. The molecule has 6 aromatic carbocycles. The Morgan fingerprint density at radius 1 is 0.581 bits per heavy atom. The van der Waals surface area contributed by atoms with Gasteiger partial charge in [0.2, 0.25) is 0 Å². The second-order valence-electron chi connectivity index (χ2n) is 10.9. The van der Waals surface area contributed by atoms with Crippen molar-refractivity contribution in [3.8, 4) is 0 Å². The molecule has 43 heavy (non-hydrogen) atoms. The number of anilines is 1. The molecule has 0 spiro atoms. The Morgan fingerprint density at radius 3 is 1.95 bits per heavy atom. The van der Waals surface area contributed by atoms with E-state index < -0.39 is 0 Å². The SMILES string of the molecule is Nc1ccccc1C(=NCn1c2ccccc2c2c3c4ccccc4sc3c3c4ccccc4sc3c21)c1ccccc1. The molecule has 2 N–H and O–H groups in total. The van der Waals surface area contributed by atoms with E-state index in [0.717, 1.165) is 22.5 Å². The van der Waals surface area contributed by atoms with E-state index in [9.17, 15) is 0 Å². The van der Waals surface area contributed by atoms with Crippen molar-refractivity contribution >= 4 is 96.2 Å². The van der Waals surface area contributed by atoms with Crippen LogP contribution in [0.25, 0.3) is 62.2 Å². The summed E-state index contributed by atoms with van der Waals surface area (Å²) in [6.07, 6.45) is 0. The topological polar surface area (TPSA) is 43.3 Å². The molecule has 9 aromatic rings. The van der Waals surface area contributed by atoms with Crippen molar-refractivity contribution in [3.63, 3.8) is 0 Å². The van der Waals surface area contributed by atoms with Crippen LogP contribution in [0.5, 0.6) is 0 Å². The molecule has 0 bridgehead atoms. The van der Waals surface area contributed by atoms with Gasteiger partial charge in [-0.1, -0.05) is 103 Å². The van der Waals surface area contributed by atoms with Crippen LogP contribution >= 0.6 is 22.7 Å². The van der Waals surface area contributed by atoms with Crippen molar-refractivity contribution < 1.29 is 0 Å². The van der Waals surface area contributed by atoms with Crippen molar-refractivity contribution in [1.29, 1.82) is 0 Å². The minimum absolute atomic E-state index is 0.472. The molecule has 0 aliphatic heterocycles. The summed E-state index contributed by atoms with van der Waals surface area (Å²) in [6.45, 7) is 0.472. The highest BCUT2D eigenvalue weighted by Gasteiger charge is 2.23. The number of aromatic nitrogens is 1. The lowest BCUT2D eigenvalue weighted by Crippen LogP contribution is -2.09. The van der Waals surface area contributed by atoms with Crippen molar-refractivity contribution in [2.24, 2.45) is 4.99 Å². The second-order valence-corrected chi connectivity index (χ2v) is 13.0. The highest BCUT2D eigenvalue weighted by atomic mass is 32.1. The number of rotatable bonds is 4. The molecule has 0 radical (unpaired) electrons. The molecule has 9 rings (SSSR count). The molecule has 0 aliphatic rings. The lowest BCUT2D eigenvalue weighted by atomic mass is 10.0. The second kappa shape index (κ2) is 9.53. The third-order valence-electron chi connectivity index (χ3n) is 8.49. The van der Waals surface area contributed by atoms with Crippen molar-refractivity contribution in [2.45, 2.75) is 6.67 Å². The zero-order valence-electron chi connectivity index (χ0n) is 23.1. The van der Waals surface area contributed by atoms with Gasteiger partial charge < -0.3 is 10.3 Å². The van der Waals surface area contributed by atoms with Crippen LogP contribution in [0.4, 0.5) is 5.69 Å². The average molecular weight is 588 g/mol. The summed E-state index contributed by atoms with van der Waals surface area (Å²) in [4.78, 5) is 5.37. The lowest BCUT2D eigenvalue weighted by molar-refractivity contribution is 0.795. The van der Waals surface area contributed by atoms with E-state index in [-0.39, 0.29) is 0 Å². The summed E-state index contributed by atoms with van der Waals surface area (Å²) in [5, 5.41) is 7.93. The van der Waals surface area contributed by atoms with Crippen molar-refractivity contribution in [2.75, 3.05) is 5.73 Å². The van der Waals surface area contributed by atoms with Gasteiger partial charge in [0.05, 0.1) is 21.4 Å². The van der Waals surface area contributed by atoms with Crippen molar-refractivity contribution in [3.05, 3.63) is 139 Å². The van der Waals surface area contributed by atoms with Gasteiger partial charge >= 0.3 is 0 Å². The van der Waals surface area contributed by atoms with Crippen LogP contribution in [0.15, 0.2) is 132 Å². The molecule has 0 saturated heterocycles. The summed E-state index contributed by atoms with van der Waals surface area (Å²) < 4.78 is 7.75. The molecule has 0 fully saturated rings. The third kappa shape index (κ3) is 3.62. The van der Waals surface area contributed by atoms with Gasteiger partial charge in [-0.3, -0.25) is 4.99 Å². The Balaban J connectivity index is 1.44. The Hall–Kier alpha value is -4.97. The first-order valence-corrected chi connectivity index (χ1v) is 16.0. The molecule has 3 nitrogen and oxygen atoms in total. The predicted molar refractivity (Wildman–Crippen MR) is 188 cm³/mol. The van der Waals surface area contributed by atoms with E-state index in [0.29, 0.717) is 6.67 Å². The van der Waals surface area contributed by atoms with Crippen LogP contribution in [0.2, 0.25) is 0 Å². The van der Waals surface area contributed by atoms with Crippen LogP contribution in [-0.4, -0.2) is 10.3 Å². The van der Waals surface area contributed by atoms with E-state index in [1.165, 1.54) is 62.2 Å². The Bertz CT molecular complexity index is 2550. The number of fused-ring (bicyclic) bond motifs is 12. The van der Waals surface area contributed by atoms with Gasteiger partial charge in [0.15, 0.2) is 0 Å². The monoisotopic (exact) mass is 587 g/mol. The molecule has 0 atom stereocenters. The highest BCUT2D eigenvalue weighted by Crippen LogP contribution is 2.51. The van der Waals surface area contributed by atoms with E-state index in [1.807, 2.05) is 46.9 Å². The number of nitrogens with two attached hydrogens (primary N) is 1. The van der Waals surface area contributed by atoms with Gasteiger partial charge in [-0.15, -0.1) is 22.7 Å². The first-order valence-electron chi connectivity index (χ1n) is 14.4. The lowest BCUT2D eigenvalue weighted by Gasteiger charge is -2.12. The quantitative estimate of drug-likeness (QED) is 0.162. The summed E-state index contributed by atoms with van der Waals surface area (Å²) in [6, 6.07) is 44.9. The predicted octanol–water partition coefficient (Wildman–Crippen LogP) is 10.6. The number of nitrogens with zero attached hydrogens (tertiary/aromatic N) is 2. The molecule has 0 unspecified atom stereocenters. The maximum Gasteiger partial charge on any atom is 0.115 e. The van der Waals surface area contributed by atoms with Crippen LogP contribution < -0.4 is 5.73 Å². The Morgan fingerprint density at radius 2 is 1.19 bits per heavy atom. The highest BCUT2D eigenvalue weighted by molar-refractivity contribution is 7.30. The van der Waals surface area contributed by atoms with Gasteiger partial charge in [-0.25, -0.2) is 0 Å². The first kappa shape index (κ1) is 24.6. The third-order valence-corrected chi connectivity index (χ3v) is 10.9. The molecule has 0 saturated carbocycles. The normalized spacial score (nSPS) is 12.5. The number of aliphatic imine (C=N–C) groups is 1. The number of hydrogen-bond donors (Lipinski definition) is 1. The average Bonchev–Trinajstić information content (AvgIpc) is 3.72. The molecule has 3 aromatic heterocycles. The Labute approximate surface area is 255 Å². The smallest absolute Gasteiger partial charge is 0.115 e. The largest absolute Gasteiger partial charge is 0.398 e. The maximum atomic E-state index is 6.52. The minimum Gasteiger partial charge on any atom is -0.398 e. The maximum absolute atomic E-state index is 6.52. The summed E-state index contributed by atoms with van der Waals surface area (Å²) in [5.41, 5.74) is 12.6. The van der Waals surface area contributed by atoms with Gasteiger partial charge in [-0.2, -0.15) is 0 Å². The molecular weight excluding hydrogens is 563 g/mol. The number of thiophene rings is 2. The van der Waals surface area contributed by atoms with Crippen LogP contribution in [-0.2, 0) is 6.67 Å². The van der Waals surface area contributed by atoms with E-state index in [1.54, 1.807) is 0 Å². The standard InChI is InChI=1S/C38H25N3S2/c39-28-18-8-4-14-24(28)35(23-12-2-1-3-13-23)40-22-41-29-19-9-5-15-25(29)32-33-26-16-6-10-20-30(26)42-37(33)34-27-17-7-11-21-31(27)43-38(34)36(32)41/h1-21H,22,39H2. The number of nitrogen functional groups attached to an aromatic ring is 1. The van der Waals surface area contributed by atoms with Crippen LogP contribution in [0.3, 0.4) is 0 Å². The molecule has 0 amide bonds. The molecular formula is C38H25N3S2. The Kier molecular flexibility index (Phi) is 5.45. The van der Waals surface area contributed by atoms with E-state index >= 15 is 0 Å². The van der Waals surface area contributed by atoms with E-state index in [4.69, 9.17) is 10.7 Å². The molecule has 5 heteroatoms. The zero-order valence-corrected chi connectivity index (χ0v) is 24.8. The molecule has 204 valence electrons. The fraction of sp³-hybridized carbons (Fsp3) is 0.0263. The molecule has 3 heterocycles. The number of benzene rings is 6. The van der Waals surface area contributed by atoms with Crippen LogP contribution in [0.1, 0.15) is 11.1 Å². The fourth-order valence-corrected chi connectivity index (χ4v) is 9.24. The van der Waals surface area contributed by atoms with Gasteiger partial charge in [0.25, 0.3) is 0 Å². The zero-order chi connectivity index (χ0) is 28.5. The van der Waals surface area contributed by atoms with Crippen LogP contribution in [0, 0.1) is 0 Å². The van der Waals surface area contributed by atoms with Gasteiger partial charge in [-0.05, 0) is 24.3 Å². The van der Waals surface area contributed by atoms with E-state index in [2.05, 4.69) is 108 Å². The van der Waals surface area contributed by atoms with Gasteiger partial charge in [0, 0.05) is 63.2 Å². The summed E-state index contributed by atoms with van der Waals surface area (Å²) in [7, 11) is 0. The van der Waals surface area contributed by atoms with Gasteiger partial charge in [0.1, 0.15) is 6.67 Å². The summed E-state index contributed by atoms with van der Waals surface area (Å²) >= 11 is 3.81. The minimum atomic E-state index is 0.472. The van der Waals surface area contributed by atoms with Crippen molar-refractivity contribution in [1.82, 2.24) is 4.57 Å². The molecule has 0 aliphatic carbocycles. The number of para-hydroxylation sites is 2.